The SMILES string of the molecule is CC1=NC(C)C(C)N=C1c1cc2nc(N3CCCC3)cc(NCC(C)(C)O)n2n1. The van der Waals surface area contributed by atoms with Crippen molar-refractivity contribution in [2.24, 2.45) is 9.98 Å². The minimum absolute atomic E-state index is 0.124. The third kappa shape index (κ3) is 4.12. The van der Waals surface area contributed by atoms with Crippen molar-refractivity contribution in [3.8, 4) is 0 Å². The highest BCUT2D eigenvalue weighted by Crippen LogP contribution is 2.25. The number of aliphatic imine (C=N–C) groups is 2. The van der Waals surface area contributed by atoms with E-state index in [-0.39, 0.29) is 12.1 Å². The van der Waals surface area contributed by atoms with E-state index in [4.69, 9.17) is 20.1 Å². The van der Waals surface area contributed by atoms with E-state index < -0.39 is 5.60 Å². The number of rotatable bonds is 5. The van der Waals surface area contributed by atoms with Gasteiger partial charge in [-0.25, -0.2) is 4.98 Å². The molecule has 2 N–H and O–H groups in total. The number of anilines is 2. The predicted molar refractivity (Wildman–Crippen MR) is 118 cm³/mol. The molecule has 0 saturated carbocycles. The summed E-state index contributed by atoms with van der Waals surface area (Å²) in [6.45, 7) is 12.2. The molecular formula is C21H31N7O. The lowest BCUT2D eigenvalue weighted by Gasteiger charge is -2.21. The molecule has 8 nitrogen and oxygen atoms in total. The standard InChI is InChI=1S/C21H31N7O/c1-13-14(2)24-20(15(3)23-13)16-10-19-25-18(27-8-6-7-9-27)11-17(28(19)26-16)22-12-21(4,5)29/h10-11,13-14,22,29H,6-9,12H2,1-5H3. The molecule has 2 aromatic heterocycles. The third-order valence-electron chi connectivity index (χ3n) is 5.56. The highest BCUT2D eigenvalue weighted by Gasteiger charge is 2.24. The topological polar surface area (TPSA) is 90.4 Å². The van der Waals surface area contributed by atoms with Crippen LogP contribution in [0.5, 0.6) is 0 Å². The van der Waals surface area contributed by atoms with Gasteiger partial charge in [0.15, 0.2) is 5.65 Å². The van der Waals surface area contributed by atoms with Crippen molar-refractivity contribution >= 4 is 28.7 Å². The molecule has 0 amide bonds. The second-order valence-corrected chi connectivity index (χ2v) is 8.83. The average molecular weight is 398 g/mol. The van der Waals surface area contributed by atoms with E-state index in [1.807, 2.05) is 19.1 Å². The van der Waals surface area contributed by atoms with Crippen LogP contribution in [0.3, 0.4) is 0 Å². The highest BCUT2D eigenvalue weighted by molar-refractivity contribution is 6.47. The van der Waals surface area contributed by atoms with Crippen LogP contribution in [0.4, 0.5) is 11.6 Å². The average Bonchev–Trinajstić information content (AvgIpc) is 3.31. The summed E-state index contributed by atoms with van der Waals surface area (Å²) < 4.78 is 1.80. The molecule has 1 saturated heterocycles. The number of nitrogens with one attached hydrogen (secondary N) is 1. The summed E-state index contributed by atoms with van der Waals surface area (Å²) >= 11 is 0. The normalized spacial score (nSPS) is 22.8. The van der Waals surface area contributed by atoms with E-state index in [1.54, 1.807) is 18.4 Å². The summed E-state index contributed by atoms with van der Waals surface area (Å²) in [6.07, 6.45) is 2.37. The fourth-order valence-electron chi connectivity index (χ4n) is 3.75. The maximum Gasteiger partial charge on any atom is 0.160 e. The number of aromatic nitrogens is 3. The molecule has 4 rings (SSSR count). The van der Waals surface area contributed by atoms with Crippen molar-refractivity contribution in [1.82, 2.24) is 14.6 Å². The van der Waals surface area contributed by atoms with Crippen LogP contribution in [0.25, 0.3) is 5.65 Å². The molecule has 0 spiro atoms. The molecule has 29 heavy (non-hydrogen) atoms. The molecule has 2 aliphatic rings. The van der Waals surface area contributed by atoms with Gasteiger partial charge in [0, 0.05) is 31.8 Å². The monoisotopic (exact) mass is 397 g/mol. The van der Waals surface area contributed by atoms with Gasteiger partial charge in [0.2, 0.25) is 0 Å². The zero-order chi connectivity index (χ0) is 20.8. The summed E-state index contributed by atoms with van der Waals surface area (Å²) in [6, 6.07) is 4.31. The molecule has 0 radical (unpaired) electrons. The van der Waals surface area contributed by atoms with Gasteiger partial charge >= 0.3 is 0 Å². The Morgan fingerprint density at radius 3 is 2.52 bits per heavy atom. The molecule has 4 heterocycles. The first-order valence-corrected chi connectivity index (χ1v) is 10.5. The molecule has 2 aromatic rings. The number of hydrogen-bond acceptors (Lipinski definition) is 7. The molecule has 0 aromatic carbocycles. The van der Waals surface area contributed by atoms with E-state index >= 15 is 0 Å². The number of aliphatic hydroxyl groups is 1. The molecule has 8 heteroatoms. The Hall–Kier alpha value is -2.48. The second kappa shape index (κ2) is 7.40. The van der Waals surface area contributed by atoms with Crippen LogP contribution in [0, 0.1) is 0 Å². The van der Waals surface area contributed by atoms with Gasteiger partial charge in [-0.1, -0.05) is 0 Å². The molecule has 0 aliphatic carbocycles. The fraction of sp³-hybridized carbons (Fsp3) is 0.619. The van der Waals surface area contributed by atoms with Gasteiger partial charge in [0.05, 0.1) is 23.4 Å². The van der Waals surface area contributed by atoms with Gasteiger partial charge in [-0.15, -0.1) is 0 Å². The molecule has 2 atom stereocenters. The van der Waals surface area contributed by atoms with Crippen LogP contribution in [-0.2, 0) is 0 Å². The fourth-order valence-corrected chi connectivity index (χ4v) is 3.75. The smallest absolute Gasteiger partial charge is 0.160 e. The Bertz CT molecular complexity index is 963. The van der Waals surface area contributed by atoms with E-state index in [2.05, 4.69) is 24.1 Å². The van der Waals surface area contributed by atoms with Crippen LogP contribution in [0.1, 0.15) is 53.2 Å². The number of hydrogen-bond donors (Lipinski definition) is 2. The van der Waals surface area contributed by atoms with E-state index in [9.17, 15) is 5.11 Å². The molecular weight excluding hydrogens is 366 g/mol. The zero-order valence-electron chi connectivity index (χ0n) is 18.0. The van der Waals surface area contributed by atoms with Crippen molar-refractivity contribution in [3.05, 3.63) is 17.8 Å². The highest BCUT2D eigenvalue weighted by atomic mass is 16.3. The van der Waals surface area contributed by atoms with E-state index in [0.29, 0.717) is 6.54 Å². The van der Waals surface area contributed by atoms with Gasteiger partial charge < -0.3 is 15.3 Å². The molecule has 0 bridgehead atoms. The van der Waals surface area contributed by atoms with Crippen LogP contribution in [0.15, 0.2) is 22.1 Å². The lowest BCUT2D eigenvalue weighted by atomic mass is 10.1. The van der Waals surface area contributed by atoms with Gasteiger partial charge in [0.25, 0.3) is 0 Å². The maximum atomic E-state index is 10.2. The summed E-state index contributed by atoms with van der Waals surface area (Å²) in [5.41, 5.74) is 2.45. The van der Waals surface area contributed by atoms with Crippen molar-refractivity contribution in [3.63, 3.8) is 0 Å². The Balaban J connectivity index is 1.77. The predicted octanol–water partition coefficient (Wildman–Crippen LogP) is 2.55. The first kappa shape index (κ1) is 19.8. The van der Waals surface area contributed by atoms with Crippen molar-refractivity contribution < 1.29 is 5.11 Å². The summed E-state index contributed by atoms with van der Waals surface area (Å²) in [7, 11) is 0. The van der Waals surface area contributed by atoms with Crippen LogP contribution >= 0.6 is 0 Å². The molecule has 156 valence electrons. The summed E-state index contributed by atoms with van der Waals surface area (Å²) in [5.74, 6) is 1.76. The summed E-state index contributed by atoms with van der Waals surface area (Å²) in [4.78, 5) is 16.7. The Kier molecular flexibility index (Phi) is 5.06. The Labute approximate surface area is 171 Å². The van der Waals surface area contributed by atoms with Gasteiger partial charge in [0.1, 0.15) is 23.0 Å². The molecule has 1 fully saturated rings. The van der Waals surface area contributed by atoms with Crippen LogP contribution in [-0.4, -0.2) is 68.4 Å². The second-order valence-electron chi connectivity index (χ2n) is 8.83. The first-order chi connectivity index (χ1) is 13.7. The zero-order valence-corrected chi connectivity index (χ0v) is 18.0. The van der Waals surface area contributed by atoms with Gasteiger partial charge in [-0.3, -0.25) is 9.98 Å². The minimum atomic E-state index is -0.832. The van der Waals surface area contributed by atoms with Gasteiger partial charge in [-0.2, -0.15) is 9.61 Å². The quantitative estimate of drug-likeness (QED) is 0.809. The molecule has 2 aliphatic heterocycles. The largest absolute Gasteiger partial charge is 0.389 e. The Morgan fingerprint density at radius 1 is 1.14 bits per heavy atom. The Morgan fingerprint density at radius 2 is 1.83 bits per heavy atom. The number of fused-ring (bicyclic) bond motifs is 1. The van der Waals surface area contributed by atoms with E-state index in [0.717, 1.165) is 47.5 Å². The lowest BCUT2D eigenvalue weighted by molar-refractivity contribution is 0.0944. The maximum absolute atomic E-state index is 10.2. The summed E-state index contributed by atoms with van der Waals surface area (Å²) in [5, 5.41) is 18.3. The van der Waals surface area contributed by atoms with Crippen molar-refractivity contribution in [2.45, 2.75) is 65.1 Å². The molecule has 2 unspecified atom stereocenters. The van der Waals surface area contributed by atoms with Gasteiger partial charge in [-0.05, 0) is 47.5 Å². The minimum Gasteiger partial charge on any atom is -0.389 e. The number of nitrogens with zero attached hydrogens (tertiary/aromatic N) is 6. The third-order valence-corrected chi connectivity index (χ3v) is 5.56. The lowest BCUT2D eigenvalue weighted by Crippen LogP contribution is -2.30. The van der Waals surface area contributed by atoms with E-state index in [1.165, 1.54) is 12.8 Å². The van der Waals surface area contributed by atoms with Crippen LogP contribution < -0.4 is 10.2 Å². The van der Waals surface area contributed by atoms with Crippen LogP contribution in [0.2, 0.25) is 0 Å². The van der Waals surface area contributed by atoms with Crippen molar-refractivity contribution in [1.29, 1.82) is 0 Å². The first-order valence-electron chi connectivity index (χ1n) is 10.5. The van der Waals surface area contributed by atoms with Crippen molar-refractivity contribution in [2.75, 3.05) is 29.9 Å².